The van der Waals surface area contributed by atoms with Crippen molar-refractivity contribution in [2.75, 3.05) is 18.4 Å². The molecule has 1 aliphatic heterocycles. The molecule has 1 aromatic rings. The molecule has 7 heteroatoms. The van der Waals surface area contributed by atoms with Crippen molar-refractivity contribution in [1.82, 2.24) is 9.88 Å². The van der Waals surface area contributed by atoms with Crippen LogP contribution in [0.1, 0.15) is 43.8 Å². The molecule has 22 heavy (non-hydrogen) atoms. The third-order valence-electron chi connectivity index (χ3n) is 3.63. The van der Waals surface area contributed by atoms with Crippen molar-refractivity contribution in [1.29, 1.82) is 0 Å². The highest BCUT2D eigenvalue weighted by Crippen LogP contribution is 2.29. The molecule has 0 unspecified atom stereocenters. The van der Waals surface area contributed by atoms with Crippen LogP contribution in [0.2, 0.25) is 0 Å². The summed E-state index contributed by atoms with van der Waals surface area (Å²) in [7, 11) is 0. The molecular formula is C15H23F2N3OS. The van der Waals surface area contributed by atoms with Gasteiger partial charge in [-0.15, -0.1) is 11.3 Å². The Morgan fingerprint density at radius 3 is 2.82 bits per heavy atom. The number of hydrogen-bond donors (Lipinski definition) is 1. The van der Waals surface area contributed by atoms with Crippen LogP contribution in [0.5, 0.6) is 0 Å². The van der Waals surface area contributed by atoms with E-state index in [0.29, 0.717) is 18.9 Å². The number of aromatic nitrogens is 1. The van der Waals surface area contributed by atoms with Gasteiger partial charge in [0.05, 0.1) is 10.7 Å². The van der Waals surface area contributed by atoms with Gasteiger partial charge >= 0.3 is 6.03 Å². The number of alkyl halides is 2. The number of aryl methyl sites for hydroxylation is 1. The van der Waals surface area contributed by atoms with Crippen molar-refractivity contribution in [2.24, 2.45) is 5.92 Å². The Bertz CT molecular complexity index is 531. The number of thiazole rings is 1. The number of rotatable bonds is 3. The summed E-state index contributed by atoms with van der Waals surface area (Å²) in [5, 5.41) is 4.50. The second-order valence-electron chi connectivity index (χ2n) is 6.23. The van der Waals surface area contributed by atoms with Crippen molar-refractivity contribution in [2.45, 2.75) is 52.4 Å². The molecule has 2 rings (SSSR count). The van der Waals surface area contributed by atoms with Crippen LogP contribution < -0.4 is 5.32 Å². The fourth-order valence-corrected chi connectivity index (χ4v) is 3.37. The van der Waals surface area contributed by atoms with Gasteiger partial charge in [-0.3, -0.25) is 5.32 Å². The molecule has 1 saturated heterocycles. The van der Waals surface area contributed by atoms with Crippen LogP contribution in [0.4, 0.5) is 18.6 Å². The molecule has 0 aliphatic carbocycles. The second-order valence-corrected chi connectivity index (χ2v) is 7.44. The number of nitrogens with one attached hydrogen (secondary N) is 1. The quantitative estimate of drug-likeness (QED) is 0.897. The number of nitrogens with zero attached hydrogens (tertiary/aromatic N) is 2. The van der Waals surface area contributed by atoms with Gasteiger partial charge in [0.2, 0.25) is 5.92 Å². The highest BCUT2D eigenvalue weighted by Gasteiger charge is 2.33. The monoisotopic (exact) mass is 331 g/mol. The fourth-order valence-electron chi connectivity index (χ4n) is 2.54. The van der Waals surface area contributed by atoms with E-state index in [4.69, 9.17) is 0 Å². The predicted octanol–water partition coefficient (Wildman–Crippen LogP) is 4.30. The van der Waals surface area contributed by atoms with Crippen molar-refractivity contribution in [3.63, 3.8) is 0 Å². The maximum Gasteiger partial charge on any atom is 0.322 e. The van der Waals surface area contributed by atoms with Crippen LogP contribution in [0, 0.1) is 12.8 Å². The van der Waals surface area contributed by atoms with E-state index in [1.165, 1.54) is 16.2 Å². The molecular weight excluding hydrogens is 308 g/mol. The third-order valence-corrected chi connectivity index (χ3v) is 4.56. The minimum absolute atomic E-state index is 0.0934. The summed E-state index contributed by atoms with van der Waals surface area (Å²) < 4.78 is 26.7. The first kappa shape index (κ1) is 17.1. The molecule has 1 N–H and O–H groups in total. The third kappa shape index (κ3) is 4.63. The van der Waals surface area contributed by atoms with E-state index in [1.54, 1.807) is 0 Å². The number of hydrogen-bond acceptors (Lipinski definition) is 3. The molecule has 0 radical (unpaired) electrons. The summed E-state index contributed by atoms with van der Waals surface area (Å²) in [5.41, 5.74) is 0.881. The smallest absolute Gasteiger partial charge is 0.322 e. The summed E-state index contributed by atoms with van der Waals surface area (Å²) in [5.74, 6) is -2.21. The molecule has 124 valence electrons. The molecule has 2 amide bonds. The number of amides is 2. The SMILES string of the molecule is Cc1nc(CC(C)C)c(NC(=O)N2CCCC(F)(F)CC2)s1. The van der Waals surface area contributed by atoms with Gasteiger partial charge in [-0.1, -0.05) is 13.8 Å². The summed E-state index contributed by atoms with van der Waals surface area (Å²) in [6.07, 6.45) is 0.717. The molecule has 0 spiro atoms. The average molecular weight is 331 g/mol. The Morgan fingerprint density at radius 1 is 1.41 bits per heavy atom. The number of anilines is 1. The van der Waals surface area contributed by atoms with E-state index in [2.05, 4.69) is 24.1 Å². The maximum atomic E-state index is 13.4. The van der Waals surface area contributed by atoms with Crippen LogP contribution in [0.25, 0.3) is 0 Å². The van der Waals surface area contributed by atoms with Crippen LogP contribution in [0.3, 0.4) is 0 Å². The molecule has 0 atom stereocenters. The van der Waals surface area contributed by atoms with Gasteiger partial charge in [0.25, 0.3) is 0 Å². The van der Waals surface area contributed by atoms with Crippen molar-refractivity contribution < 1.29 is 13.6 Å². The molecule has 1 aromatic heterocycles. The first-order chi connectivity index (χ1) is 10.3. The zero-order valence-corrected chi connectivity index (χ0v) is 14.1. The molecule has 2 heterocycles. The molecule has 4 nitrogen and oxygen atoms in total. The summed E-state index contributed by atoms with van der Waals surface area (Å²) >= 11 is 1.44. The lowest BCUT2D eigenvalue weighted by Crippen LogP contribution is -2.36. The Balaban J connectivity index is 2.02. The second kappa shape index (κ2) is 6.89. The van der Waals surface area contributed by atoms with Gasteiger partial charge in [0.1, 0.15) is 5.00 Å². The van der Waals surface area contributed by atoms with Gasteiger partial charge in [-0.2, -0.15) is 0 Å². The molecule has 0 saturated carbocycles. The number of carbonyl (C=O) groups excluding carboxylic acids is 1. The first-order valence-corrected chi connectivity index (χ1v) is 8.48. The lowest BCUT2D eigenvalue weighted by molar-refractivity contribution is -0.0121. The first-order valence-electron chi connectivity index (χ1n) is 7.67. The predicted molar refractivity (Wildman–Crippen MR) is 84.8 cm³/mol. The zero-order valence-electron chi connectivity index (χ0n) is 13.3. The van der Waals surface area contributed by atoms with Crippen molar-refractivity contribution in [3.8, 4) is 0 Å². The number of carbonyl (C=O) groups is 1. The normalized spacial score (nSPS) is 18.4. The number of urea groups is 1. The van der Waals surface area contributed by atoms with E-state index in [-0.39, 0.29) is 25.4 Å². The minimum Gasteiger partial charge on any atom is -0.324 e. The molecule has 1 fully saturated rings. The van der Waals surface area contributed by atoms with Crippen molar-refractivity contribution in [3.05, 3.63) is 10.7 Å². The minimum atomic E-state index is -2.65. The Morgan fingerprint density at radius 2 is 2.14 bits per heavy atom. The highest BCUT2D eigenvalue weighted by atomic mass is 32.1. The Hall–Kier alpha value is -1.24. The standard InChI is InChI=1S/C15H23F2N3OS/c1-10(2)9-12-13(22-11(3)18-12)19-14(21)20-7-4-5-15(16,17)6-8-20/h10H,4-9H2,1-3H3,(H,19,21). The lowest BCUT2D eigenvalue weighted by atomic mass is 10.1. The van der Waals surface area contributed by atoms with E-state index < -0.39 is 5.92 Å². The zero-order chi connectivity index (χ0) is 16.3. The lowest BCUT2D eigenvalue weighted by Gasteiger charge is -2.21. The molecule has 0 bridgehead atoms. The summed E-state index contributed by atoms with van der Waals surface area (Å²) in [6, 6.07) is -0.300. The van der Waals surface area contributed by atoms with Gasteiger partial charge < -0.3 is 4.90 Å². The fraction of sp³-hybridized carbons (Fsp3) is 0.733. The largest absolute Gasteiger partial charge is 0.324 e. The number of halogens is 2. The van der Waals surface area contributed by atoms with Gasteiger partial charge in [-0.25, -0.2) is 18.6 Å². The van der Waals surface area contributed by atoms with E-state index in [9.17, 15) is 13.6 Å². The van der Waals surface area contributed by atoms with E-state index in [1.807, 2.05) is 6.92 Å². The highest BCUT2D eigenvalue weighted by molar-refractivity contribution is 7.16. The molecule has 1 aliphatic rings. The van der Waals surface area contributed by atoms with Crippen LogP contribution in [-0.4, -0.2) is 34.9 Å². The van der Waals surface area contributed by atoms with Crippen molar-refractivity contribution >= 4 is 22.4 Å². The summed E-state index contributed by atoms with van der Waals surface area (Å²) in [6.45, 7) is 6.56. The van der Waals surface area contributed by atoms with E-state index >= 15 is 0 Å². The average Bonchev–Trinajstić information content (AvgIpc) is 2.61. The van der Waals surface area contributed by atoms with E-state index in [0.717, 1.165) is 22.1 Å². The maximum absolute atomic E-state index is 13.4. The Labute approximate surface area is 133 Å². The topological polar surface area (TPSA) is 45.2 Å². The van der Waals surface area contributed by atoms with Gasteiger partial charge in [-0.05, 0) is 25.7 Å². The number of likely N-dealkylation sites (tertiary alicyclic amines) is 1. The van der Waals surface area contributed by atoms with Gasteiger partial charge in [0.15, 0.2) is 0 Å². The summed E-state index contributed by atoms with van der Waals surface area (Å²) in [4.78, 5) is 18.3. The van der Waals surface area contributed by atoms with Crippen LogP contribution in [-0.2, 0) is 6.42 Å². The Kier molecular flexibility index (Phi) is 5.36. The van der Waals surface area contributed by atoms with Crippen LogP contribution in [0.15, 0.2) is 0 Å². The molecule has 0 aromatic carbocycles. The van der Waals surface area contributed by atoms with Gasteiger partial charge in [0, 0.05) is 25.9 Å². The van der Waals surface area contributed by atoms with Crippen LogP contribution >= 0.6 is 11.3 Å².